The van der Waals surface area contributed by atoms with Crippen LogP contribution in [0.25, 0.3) is 0 Å². The highest BCUT2D eigenvalue weighted by Gasteiger charge is 2.38. The molecule has 3 atom stereocenters. The largest absolute Gasteiger partial charge is 0.355 e. The minimum absolute atomic E-state index is 0.0219. The second-order valence-corrected chi connectivity index (χ2v) is 7.94. The zero-order valence-electron chi connectivity index (χ0n) is 15.3. The molecule has 2 N–H and O–H groups in total. The highest BCUT2D eigenvalue weighted by atomic mass is 35.5. The molecule has 0 radical (unpaired) electrons. The Morgan fingerprint density at radius 2 is 1.84 bits per heavy atom. The number of halogens is 1. The molecule has 3 unspecified atom stereocenters. The third-order valence-corrected chi connectivity index (χ3v) is 4.99. The molecule has 4 nitrogen and oxygen atoms in total. The molecule has 2 rings (SSSR count). The highest BCUT2D eigenvalue weighted by molar-refractivity contribution is 6.30. The molecule has 2 amide bonds. The van der Waals surface area contributed by atoms with Crippen LogP contribution in [0.2, 0.25) is 5.02 Å². The van der Waals surface area contributed by atoms with Crippen molar-refractivity contribution in [3.8, 4) is 0 Å². The van der Waals surface area contributed by atoms with Crippen molar-refractivity contribution in [1.29, 1.82) is 0 Å². The second-order valence-electron chi connectivity index (χ2n) is 7.50. The summed E-state index contributed by atoms with van der Waals surface area (Å²) in [5.41, 5.74) is 1.06. The van der Waals surface area contributed by atoms with Gasteiger partial charge in [-0.3, -0.25) is 9.59 Å². The van der Waals surface area contributed by atoms with Gasteiger partial charge >= 0.3 is 0 Å². The zero-order valence-corrected chi connectivity index (χ0v) is 16.1. The molecular formula is C20H29ClN2O2. The van der Waals surface area contributed by atoms with Crippen molar-refractivity contribution in [3.05, 3.63) is 34.9 Å². The van der Waals surface area contributed by atoms with Gasteiger partial charge < -0.3 is 10.6 Å². The van der Waals surface area contributed by atoms with E-state index in [0.717, 1.165) is 24.8 Å². The SMILES string of the molecule is CC(C)CCC(NC(=O)CCNC(=O)C1CC1C)c1ccc(Cl)cc1. The molecule has 1 aliphatic carbocycles. The number of hydrogen-bond donors (Lipinski definition) is 2. The Hall–Kier alpha value is -1.55. The molecule has 0 aromatic heterocycles. The molecule has 25 heavy (non-hydrogen) atoms. The number of carbonyl (C=O) groups excluding carboxylic acids is 2. The third kappa shape index (κ3) is 6.69. The van der Waals surface area contributed by atoms with E-state index < -0.39 is 0 Å². The molecule has 138 valence electrons. The monoisotopic (exact) mass is 364 g/mol. The van der Waals surface area contributed by atoms with Crippen LogP contribution in [0.3, 0.4) is 0 Å². The smallest absolute Gasteiger partial charge is 0.223 e. The Bertz CT molecular complexity index is 586. The number of rotatable bonds is 9. The Labute approximate surface area is 155 Å². The first kappa shape index (κ1) is 19.8. The van der Waals surface area contributed by atoms with Crippen molar-refractivity contribution in [2.24, 2.45) is 17.8 Å². The molecule has 1 fully saturated rings. The van der Waals surface area contributed by atoms with Crippen LogP contribution < -0.4 is 10.6 Å². The normalized spacial score (nSPS) is 20.2. The molecule has 0 spiro atoms. The van der Waals surface area contributed by atoms with Crippen LogP contribution in [0.4, 0.5) is 0 Å². The van der Waals surface area contributed by atoms with Crippen LogP contribution in [-0.2, 0) is 9.59 Å². The first-order valence-corrected chi connectivity index (χ1v) is 9.57. The maximum atomic E-state index is 12.3. The number of carbonyl (C=O) groups is 2. The van der Waals surface area contributed by atoms with E-state index in [2.05, 4.69) is 31.4 Å². The lowest BCUT2D eigenvalue weighted by atomic mass is 9.97. The molecule has 1 aromatic carbocycles. The molecular weight excluding hydrogens is 336 g/mol. The van der Waals surface area contributed by atoms with Gasteiger partial charge in [0.2, 0.25) is 11.8 Å². The van der Waals surface area contributed by atoms with E-state index in [1.165, 1.54) is 0 Å². The van der Waals surface area contributed by atoms with E-state index in [1.54, 1.807) is 0 Å². The predicted molar refractivity (Wildman–Crippen MR) is 101 cm³/mol. The Morgan fingerprint density at radius 1 is 1.20 bits per heavy atom. The summed E-state index contributed by atoms with van der Waals surface area (Å²) in [7, 11) is 0. The fraction of sp³-hybridized carbons (Fsp3) is 0.600. The molecule has 5 heteroatoms. The first-order valence-electron chi connectivity index (χ1n) is 9.19. The van der Waals surface area contributed by atoms with Gasteiger partial charge in [0.15, 0.2) is 0 Å². The topological polar surface area (TPSA) is 58.2 Å². The standard InChI is InChI=1S/C20H29ClN2O2/c1-13(2)4-9-18(15-5-7-16(21)8-6-15)23-19(24)10-11-22-20(25)17-12-14(17)3/h5-8,13-14,17-18H,4,9-12H2,1-3H3,(H,22,25)(H,23,24). The first-order chi connectivity index (χ1) is 11.9. The fourth-order valence-electron chi connectivity index (χ4n) is 2.90. The van der Waals surface area contributed by atoms with Crippen molar-refractivity contribution < 1.29 is 9.59 Å². The maximum Gasteiger partial charge on any atom is 0.223 e. The number of benzene rings is 1. The Kier molecular flexibility index (Phi) is 7.30. The minimum atomic E-state index is -0.0344. The van der Waals surface area contributed by atoms with E-state index in [-0.39, 0.29) is 23.8 Å². The predicted octanol–water partition coefficient (Wildman–Crippen LogP) is 4.10. The summed E-state index contributed by atoms with van der Waals surface area (Å²) in [6.07, 6.45) is 3.19. The highest BCUT2D eigenvalue weighted by Crippen LogP contribution is 2.37. The van der Waals surface area contributed by atoms with Gasteiger partial charge in [0.05, 0.1) is 6.04 Å². The molecule has 0 bridgehead atoms. The lowest BCUT2D eigenvalue weighted by Gasteiger charge is -2.20. The van der Waals surface area contributed by atoms with Crippen molar-refractivity contribution in [3.63, 3.8) is 0 Å². The second kappa shape index (κ2) is 9.23. The van der Waals surface area contributed by atoms with E-state index in [4.69, 9.17) is 11.6 Å². The fourth-order valence-corrected chi connectivity index (χ4v) is 3.03. The lowest BCUT2D eigenvalue weighted by molar-refractivity contribution is -0.123. The van der Waals surface area contributed by atoms with Gasteiger partial charge in [-0.15, -0.1) is 0 Å². The van der Waals surface area contributed by atoms with Gasteiger partial charge in [0.1, 0.15) is 0 Å². The van der Waals surface area contributed by atoms with Gasteiger partial charge in [0.25, 0.3) is 0 Å². The number of amides is 2. The van der Waals surface area contributed by atoms with E-state index in [9.17, 15) is 9.59 Å². The maximum absolute atomic E-state index is 12.3. The average Bonchev–Trinajstić information content (AvgIpc) is 3.29. The summed E-state index contributed by atoms with van der Waals surface area (Å²) < 4.78 is 0. The molecule has 0 heterocycles. The van der Waals surface area contributed by atoms with Crippen molar-refractivity contribution in [2.75, 3.05) is 6.54 Å². The summed E-state index contributed by atoms with van der Waals surface area (Å²) >= 11 is 5.96. The molecule has 0 aliphatic heterocycles. The zero-order chi connectivity index (χ0) is 18.4. The van der Waals surface area contributed by atoms with Crippen LogP contribution in [-0.4, -0.2) is 18.4 Å². The Morgan fingerprint density at radius 3 is 2.40 bits per heavy atom. The minimum Gasteiger partial charge on any atom is -0.355 e. The summed E-state index contributed by atoms with van der Waals surface area (Å²) in [6, 6.07) is 7.60. The lowest BCUT2D eigenvalue weighted by Crippen LogP contribution is -2.33. The summed E-state index contributed by atoms with van der Waals surface area (Å²) in [5, 5.41) is 6.65. The average molecular weight is 365 g/mol. The molecule has 0 saturated heterocycles. The molecule has 1 aromatic rings. The van der Waals surface area contributed by atoms with Crippen molar-refractivity contribution in [2.45, 2.75) is 52.5 Å². The van der Waals surface area contributed by atoms with Crippen LogP contribution in [0.5, 0.6) is 0 Å². The Balaban J connectivity index is 1.83. The summed E-state index contributed by atoms with van der Waals surface area (Å²) in [4.78, 5) is 24.1. The van der Waals surface area contributed by atoms with Gasteiger partial charge in [0, 0.05) is 23.9 Å². The number of nitrogens with one attached hydrogen (secondary N) is 2. The summed E-state index contributed by atoms with van der Waals surface area (Å²) in [6.45, 7) is 6.82. The van der Waals surface area contributed by atoms with E-state index >= 15 is 0 Å². The number of hydrogen-bond acceptors (Lipinski definition) is 2. The molecule has 1 aliphatic rings. The van der Waals surface area contributed by atoms with Crippen LogP contribution >= 0.6 is 11.6 Å². The summed E-state index contributed by atoms with van der Waals surface area (Å²) in [5.74, 6) is 1.25. The molecule has 1 saturated carbocycles. The van der Waals surface area contributed by atoms with Gasteiger partial charge in [-0.1, -0.05) is 44.5 Å². The van der Waals surface area contributed by atoms with E-state index in [0.29, 0.717) is 29.8 Å². The van der Waals surface area contributed by atoms with Gasteiger partial charge in [-0.05, 0) is 48.8 Å². The van der Waals surface area contributed by atoms with Crippen LogP contribution in [0, 0.1) is 17.8 Å². The van der Waals surface area contributed by atoms with Crippen molar-refractivity contribution >= 4 is 23.4 Å². The van der Waals surface area contributed by atoms with Crippen LogP contribution in [0.15, 0.2) is 24.3 Å². The quantitative estimate of drug-likeness (QED) is 0.693. The van der Waals surface area contributed by atoms with Gasteiger partial charge in [-0.25, -0.2) is 0 Å². The van der Waals surface area contributed by atoms with Gasteiger partial charge in [-0.2, -0.15) is 0 Å². The van der Waals surface area contributed by atoms with Crippen LogP contribution in [0.1, 0.15) is 58.1 Å². The van der Waals surface area contributed by atoms with Crippen molar-refractivity contribution in [1.82, 2.24) is 10.6 Å². The third-order valence-electron chi connectivity index (χ3n) is 4.74. The van der Waals surface area contributed by atoms with E-state index in [1.807, 2.05) is 24.3 Å².